The predicted molar refractivity (Wildman–Crippen MR) is 71.7 cm³/mol. The number of ether oxygens (including phenoxy) is 2. The molecule has 2 rings (SSSR count). The molecule has 1 aromatic carbocycles. The van der Waals surface area contributed by atoms with Crippen LogP contribution in [0.15, 0.2) is 24.4 Å². The first-order valence-electron chi connectivity index (χ1n) is 5.99. The molecule has 0 radical (unpaired) electrons. The number of aryl methyl sites for hydroxylation is 1. The molecule has 0 bridgehead atoms. The number of carbonyl (C=O) groups is 1. The molecule has 1 amide bonds. The van der Waals surface area contributed by atoms with Crippen molar-refractivity contribution in [2.24, 2.45) is 7.05 Å². The van der Waals surface area contributed by atoms with Crippen LogP contribution in [0.1, 0.15) is 16.1 Å². The maximum absolute atomic E-state index is 11.8. The molecule has 2 aromatic rings. The highest BCUT2D eigenvalue weighted by Crippen LogP contribution is 2.27. The summed E-state index contributed by atoms with van der Waals surface area (Å²) in [6.07, 6.45) is 1.56. The average Bonchev–Trinajstić information content (AvgIpc) is 2.91. The SMILES string of the molecule is COc1ccc(CNC(=O)c2cn(C)nn2)cc1OC. The molecule has 0 unspecified atom stereocenters. The summed E-state index contributed by atoms with van der Waals surface area (Å²) in [7, 11) is 4.85. The zero-order valence-corrected chi connectivity index (χ0v) is 11.6. The van der Waals surface area contributed by atoms with E-state index in [1.54, 1.807) is 33.5 Å². The minimum Gasteiger partial charge on any atom is -0.493 e. The van der Waals surface area contributed by atoms with Crippen LogP contribution in [0.3, 0.4) is 0 Å². The largest absolute Gasteiger partial charge is 0.493 e. The van der Waals surface area contributed by atoms with Gasteiger partial charge in [-0.3, -0.25) is 9.48 Å². The van der Waals surface area contributed by atoms with Crippen LogP contribution >= 0.6 is 0 Å². The van der Waals surface area contributed by atoms with Gasteiger partial charge in [-0.25, -0.2) is 0 Å². The Morgan fingerprint density at radius 3 is 2.65 bits per heavy atom. The first-order valence-corrected chi connectivity index (χ1v) is 5.99. The molecule has 1 heterocycles. The van der Waals surface area contributed by atoms with Gasteiger partial charge < -0.3 is 14.8 Å². The molecule has 0 fully saturated rings. The Balaban J connectivity index is 2.02. The van der Waals surface area contributed by atoms with Gasteiger partial charge in [0.25, 0.3) is 5.91 Å². The molecule has 0 atom stereocenters. The van der Waals surface area contributed by atoms with Crippen LogP contribution in [0.5, 0.6) is 11.5 Å². The maximum atomic E-state index is 11.8. The number of hydrogen-bond acceptors (Lipinski definition) is 5. The fourth-order valence-electron chi connectivity index (χ4n) is 1.71. The van der Waals surface area contributed by atoms with Crippen LogP contribution in [0.2, 0.25) is 0 Å². The molecule has 0 saturated carbocycles. The first-order chi connectivity index (χ1) is 9.63. The Hall–Kier alpha value is -2.57. The summed E-state index contributed by atoms with van der Waals surface area (Å²) in [5.41, 5.74) is 1.19. The number of carbonyl (C=O) groups excluding carboxylic acids is 1. The monoisotopic (exact) mass is 276 g/mol. The van der Waals surface area contributed by atoms with Crippen molar-refractivity contribution in [3.8, 4) is 11.5 Å². The predicted octanol–water partition coefficient (Wildman–Crippen LogP) is 0.762. The van der Waals surface area contributed by atoms with Gasteiger partial charge in [0, 0.05) is 13.6 Å². The molecule has 0 aliphatic heterocycles. The lowest BCUT2D eigenvalue weighted by atomic mass is 10.2. The molecule has 0 spiro atoms. The van der Waals surface area contributed by atoms with E-state index in [2.05, 4.69) is 15.6 Å². The van der Waals surface area contributed by atoms with Gasteiger partial charge in [0.2, 0.25) is 0 Å². The van der Waals surface area contributed by atoms with E-state index < -0.39 is 0 Å². The number of hydrogen-bond donors (Lipinski definition) is 1. The zero-order chi connectivity index (χ0) is 14.5. The molecule has 20 heavy (non-hydrogen) atoms. The summed E-state index contributed by atoms with van der Waals surface area (Å²) in [4.78, 5) is 11.8. The van der Waals surface area contributed by atoms with E-state index in [9.17, 15) is 4.79 Å². The third-order valence-corrected chi connectivity index (χ3v) is 2.74. The average molecular weight is 276 g/mol. The first kappa shape index (κ1) is 13.9. The highest BCUT2D eigenvalue weighted by atomic mass is 16.5. The van der Waals surface area contributed by atoms with E-state index in [-0.39, 0.29) is 11.6 Å². The highest BCUT2D eigenvalue weighted by molar-refractivity contribution is 5.91. The molecule has 1 N–H and O–H groups in total. The van der Waals surface area contributed by atoms with Crippen molar-refractivity contribution in [3.05, 3.63) is 35.7 Å². The van der Waals surface area contributed by atoms with E-state index in [4.69, 9.17) is 9.47 Å². The Morgan fingerprint density at radius 1 is 1.30 bits per heavy atom. The molecular formula is C13H16N4O3. The summed E-state index contributed by atoms with van der Waals surface area (Å²) in [5, 5.41) is 10.2. The van der Waals surface area contributed by atoms with E-state index in [0.29, 0.717) is 18.0 Å². The topological polar surface area (TPSA) is 78.3 Å². The van der Waals surface area contributed by atoms with E-state index >= 15 is 0 Å². The zero-order valence-electron chi connectivity index (χ0n) is 11.6. The van der Waals surface area contributed by atoms with Gasteiger partial charge in [-0.15, -0.1) is 5.10 Å². The summed E-state index contributed by atoms with van der Waals surface area (Å²) in [6, 6.07) is 5.47. The second-order valence-electron chi connectivity index (χ2n) is 4.15. The molecule has 0 saturated heterocycles. The van der Waals surface area contributed by atoms with Crippen molar-refractivity contribution >= 4 is 5.91 Å². The number of aromatic nitrogens is 3. The fraction of sp³-hybridized carbons (Fsp3) is 0.308. The number of amides is 1. The van der Waals surface area contributed by atoms with Crippen LogP contribution < -0.4 is 14.8 Å². The van der Waals surface area contributed by atoms with Crippen LogP contribution in [0, 0.1) is 0 Å². The van der Waals surface area contributed by atoms with Crippen LogP contribution in [0.4, 0.5) is 0 Å². The third kappa shape index (κ3) is 3.05. The Kier molecular flexibility index (Phi) is 4.19. The normalized spacial score (nSPS) is 10.2. The second-order valence-corrected chi connectivity index (χ2v) is 4.15. The maximum Gasteiger partial charge on any atom is 0.273 e. The number of benzene rings is 1. The lowest BCUT2D eigenvalue weighted by Crippen LogP contribution is -2.23. The van der Waals surface area contributed by atoms with Gasteiger partial charge in [0.1, 0.15) is 0 Å². The number of nitrogens with one attached hydrogen (secondary N) is 1. The molecule has 106 valence electrons. The van der Waals surface area contributed by atoms with Crippen molar-refractivity contribution in [1.29, 1.82) is 0 Å². The van der Waals surface area contributed by atoms with Gasteiger partial charge in [0.15, 0.2) is 17.2 Å². The van der Waals surface area contributed by atoms with Crippen LogP contribution in [0.25, 0.3) is 0 Å². The van der Waals surface area contributed by atoms with Gasteiger partial charge in [0.05, 0.1) is 20.4 Å². The van der Waals surface area contributed by atoms with E-state index in [1.165, 1.54) is 4.68 Å². The molecule has 0 aliphatic rings. The van der Waals surface area contributed by atoms with Gasteiger partial charge in [-0.2, -0.15) is 0 Å². The second kappa shape index (κ2) is 6.05. The quantitative estimate of drug-likeness (QED) is 0.872. The smallest absolute Gasteiger partial charge is 0.273 e. The Bertz CT molecular complexity index is 609. The Labute approximate surface area is 116 Å². The van der Waals surface area contributed by atoms with Crippen molar-refractivity contribution in [1.82, 2.24) is 20.3 Å². The summed E-state index contributed by atoms with van der Waals surface area (Å²) >= 11 is 0. The highest BCUT2D eigenvalue weighted by Gasteiger charge is 2.10. The third-order valence-electron chi connectivity index (χ3n) is 2.74. The van der Waals surface area contributed by atoms with E-state index in [1.807, 2.05) is 12.1 Å². The fourth-order valence-corrected chi connectivity index (χ4v) is 1.71. The molecule has 0 aliphatic carbocycles. The van der Waals surface area contributed by atoms with Gasteiger partial charge >= 0.3 is 0 Å². The lowest BCUT2D eigenvalue weighted by molar-refractivity contribution is 0.0946. The number of rotatable bonds is 5. The summed E-state index contributed by atoms with van der Waals surface area (Å²) in [5.74, 6) is 1.00. The van der Waals surface area contributed by atoms with Crippen molar-refractivity contribution in [2.45, 2.75) is 6.54 Å². The Morgan fingerprint density at radius 2 is 2.05 bits per heavy atom. The van der Waals surface area contributed by atoms with Crippen LogP contribution in [-0.2, 0) is 13.6 Å². The van der Waals surface area contributed by atoms with Crippen molar-refractivity contribution in [3.63, 3.8) is 0 Å². The molecule has 7 nitrogen and oxygen atoms in total. The standard InChI is InChI=1S/C13H16N4O3/c1-17-8-10(15-16-17)13(18)14-7-9-4-5-11(19-2)12(6-9)20-3/h4-6,8H,7H2,1-3H3,(H,14,18). The minimum atomic E-state index is -0.270. The lowest BCUT2D eigenvalue weighted by Gasteiger charge is -2.09. The van der Waals surface area contributed by atoms with Gasteiger partial charge in [-0.1, -0.05) is 11.3 Å². The summed E-state index contributed by atoms with van der Waals surface area (Å²) < 4.78 is 11.8. The number of methoxy groups -OCH3 is 2. The van der Waals surface area contributed by atoms with Gasteiger partial charge in [-0.05, 0) is 17.7 Å². The summed E-state index contributed by atoms with van der Waals surface area (Å²) in [6.45, 7) is 0.371. The van der Waals surface area contributed by atoms with Crippen LogP contribution in [-0.4, -0.2) is 35.1 Å². The minimum absolute atomic E-state index is 0.270. The number of nitrogens with zero attached hydrogens (tertiary/aromatic N) is 3. The molecule has 1 aromatic heterocycles. The van der Waals surface area contributed by atoms with Crippen molar-refractivity contribution in [2.75, 3.05) is 14.2 Å². The van der Waals surface area contributed by atoms with Crippen molar-refractivity contribution < 1.29 is 14.3 Å². The molecule has 7 heteroatoms. The van der Waals surface area contributed by atoms with E-state index in [0.717, 1.165) is 5.56 Å². The molecular weight excluding hydrogens is 260 g/mol.